The zero-order chi connectivity index (χ0) is 18.1. The summed E-state index contributed by atoms with van der Waals surface area (Å²) in [5.74, 6) is 1.12. The molecule has 1 unspecified atom stereocenters. The van der Waals surface area contributed by atoms with Crippen LogP contribution in [0.3, 0.4) is 0 Å². The number of nitrogens with zero attached hydrogens (tertiary/aromatic N) is 4. The summed E-state index contributed by atoms with van der Waals surface area (Å²) in [6.07, 6.45) is 6.90. The Labute approximate surface area is 157 Å². The van der Waals surface area contributed by atoms with Crippen LogP contribution in [0, 0.1) is 0 Å². The van der Waals surface area contributed by atoms with Crippen LogP contribution in [-0.2, 0) is 13.6 Å². The van der Waals surface area contributed by atoms with Crippen molar-refractivity contribution in [1.29, 1.82) is 0 Å². The fraction of sp³-hybridized carbons (Fsp3) is 0.444. The minimum atomic E-state index is 0.299. The molecule has 5 N–H and O–H groups in total. The van der Waals surface area contributed by atoms with Crippen LogP contribution in [0.2, 0.25) is 0 Å². The van der Waals surface area contributed by atoms with E-state index in [0.29, 0.717) is 12.6 Å². The lowest BCUT2D eigenvalue weighted by atomic mass is 10.1. The maximum atomic E-state index is 6.23. The van der Waals surface area contributed by atoms with Crippen molar-refractivity contribution in [2.24, 2.45) is 12.8 Å². The van der Waals surface area contributed by atoms with E-state index in [2.05, 4.69) is 26.4 Å². The highest BCUT2D eigenvalue weighted by Crippen LogP contribution is 2.33. The summed E-state index contributed by atoms with van der Waals surface area (Å²) in [5, 5.41) is 8.81. The molecule has 0 aliphatic carbocycles. The first-order chi connectivity index (χ1) is 12.6. The second-order valence-corrected chi connectivity index (χ2v) is 7.92. The van der Waals surface area contributed by atoms with Gasteiger partial charge in [-0.2, -0.15) is 5.10 Å². The van der Waals surface area contributed by atoms with Crippen molar-refractivity contribution >= 4 is 38.1 Å². The summed E-state index contributed by atoms with van der Waals surface area (Å²) in [7, 11) is 1.99. The molecule has 0 radical (unpaired) electrons. The Hall–Kier alpha value is -2.32. The van der Waals surface area contributed by atoms with Crippen molar-refractivity contribution in [3.05, 3.63) is 30.1 Å². The predicted molar refractivity (Wildman–Crippen MR) is 109 cm³/mol. The number of anilines is 3. The monoisotopic (exact) mass is 371 g/mol. The number of nitrogens with two attached hydrogens (primary N) is 2. The van der Waals surface area contributed by atoms with Crippen LogP contribution >= 0.6 is 11.3 Å². The van der Waals surface area contributed by atoms with E-state index in [1.54, 1.807) is 11.3 Å². The van der Waals surface area contributed by atoms with Gasteiger partial charge in [-0.05, 0) is 31.4 Å². The topological polar surface area (TPSA) is 98.0 Å². The van der Waals surface area contributed by atoms with E-state index in [9.17, 15) is 0 Å². The summed E-state index contributed by atoms with van der Waals surface area (Å²) < 4.78 is 3.06. The fourth-order valence-corrected chi connectivity index (χ4v) is 4.56. The molecule has 1 aliphatic heterocycles. The van der Waals surface area contributed by atoms with Crippen molar-refractivity contribution in [3.63, 3.8) is 0 Å². The smallest absolute Gasteiger partial charge is 0.150 e. The highest BCUT2D eigenvalue weighted by molar-refractivity contribution is 7.22. The first kappa shape index (κ1) is 17.1. The molecule has 1 fully saturated rings. The second kappa shape index (κ2) is 7.13. The number of aromatic nitrogens is 3. The molecule has 0 saturated carbocycles. The van der Waals surface area contributed by atoms with E-state index in [4.69, 9.17) is 11.5 Å². The SMILES string of the molecule is Cn1ncc(NCc2c(N)sc3cccnc23)c1N1CCCC(N)CC1. The maximum absolute atomic E-state index is 6.23. The van der Waals surface area contributed by atoms with Gasteiger partial charge in [-0.25, -0.2) is 0 Å². The van der Waals surface area contributed by atoms with E-state index in [0.717, 1.165) is 64.6 Å². The van der Waals surface area contributed by atoms with E-state index in [-0.39, 0.29) is 0 Å². The summed E-state index contributed by atoms with van der Waals surface area (Å²) in [4.78, 5) is 6.88. The minimum absolute atomic E-state index is 0.299. The van der Waals surface area contributed by atoms with Gasteiger partial charge < -0.3 is 21.7 Å². The standard InChI is InChI=1S/C18H25N7S/c1-24-18(25-8-3-4-12(19)6-9-25)14(11-23-24)22-10-13-16-15(26-17(13)20)5-2-7-21-16/h2,5,7,11-12,22H,3-4,6,8-10,19-20H2,1H3. The molecule has 1 saturated heterocycles. The molecule has 0 spiro atoms. The Morgan fingerprint density at radius 3 is 3.12 bits per heavy atom. The van der Waals surface area contributed by atoms with Gasteiger partial charge in [0.15, 0.2) is 0 Å². The van der Waals surface area contributed by atoms with Crippen molar-refractivity contribution in [3.8, 4) is 0 Å². The number of rotatable bonds is 4. The summed E-state index contributed by atoms with van der Waals surface area (Å²) in [5.41, 5.74) is 15.4. The molecule has 3 aromatic heterocycles. The molecule has 4 heterocycles. The van der Waals surface area contributed by atoms with E-state index >= 15 is 0 Å². The third kappa shape index (κ3) is 3.22. The lowest BCUT2D eigenvalue weighted by Crippen LogP contribution is -2.28. The molecule has 26 heavy (non-hydrogen) atoms. The van der Waals surface area contributed by atoms with Gasteiger partial charge in [0.05, 0.1) is 27.1 Å². The molecule has 3 aromatic rings. The minimum Gasteiger partial charge on any atom is -0.390 e. The van der Waals surface area contributed by atoms with Gasteiger partial charge in [-0.15, -0.1) is 11.3 Å². The Balaban J connectivity index is 1.56. The Kier molecular flexibility index (Phi) is 4.69. The molecule has 4 rings (SSSR count). The zero-order valence-corrected chi connectivity index (χ0v) is 15.8. The van der Waals surface area contributed by atoms with Crippen molar-refractivity contribution in [2.45, 2.75) is 31.8 Å². The van der Waals surface area contributed by atoms with Crippen LogP contribution in [0.4, 0.5) is 16.5 Å². The highest BCUT2D eigenvalue weighted by Gasteiger charge is 2.20. The van der Waals surface area contributed by atoms with Gasteiger partial charge in [-0.1, -0.05) is 0 Å². The normalized spacial score (nSPS) is 18.2. The molecule has 0 amide bonds. The number of fused-ring (bicyclic) bond motifs is 1. The van der Waals surface area contributed by atoms with Crippen LogP contribution in [0.1, 0.15) is 24.8 Å². The average molecular weight is 372 g/mol. The quantitative estimate of drug-likeness (QED) is 0.652. The van der Waals surface area contributed by atoms with Crippen LogP contribution in [0.25, 0.3) is 10.2 Å². The molecule has 8 heteroatoms. The van der Waals surface area contributed by atoms with E-state index < -0.39 is 0 Å². The number of pyridine rings is 1. The summed E-state index contributed by atoms with van der Waals surface area (Å²) in [6.45, 7) is 2.60. The molecule has 1 aliphatic rings. The van der Waals surface area contributed by atoms with Crippen LogP contribution in [-0.4, -0.2) is 33.9 Å². The number of hydrogen-bond acceptors (Lipinski definition) is 7. The number of nitrogens with one attached hydrogen (secondary N) is 1. The van der Waals surface area contributed by atoms with Gasteiger partial charge in [-0.3, -0.25) is 9.67 Å². The second-order valence-electron chi connectivity index (χ2n) is 6.83. The van der Waals surface area contributed by atoms with Crippen molar-refractivity contribution in [2.75, 3.05) is 29.0 Å². The first-order valence-corrected chi connectivity index (χ1v) is 9.83. The third-order valence-corrected chi connectivity index (χ3v) is 6.02. The molecule has 0 aromatic carbocycles. The third-order valence-electron chi connectivity index (χ3n) is 5.01. The number of thiophene rings is 1. The van der Waals surface area contributed by atoms with Gasteiger partial charge in [0, 0.05) is 44.5 Å². The first-order valence-electron chi connectivity index (χ1n) is 9.01. The lowest BCUT2D eigenvalue weighted by molar-refractivity contribution is 0.601. The fourth-order valence-electron chi connectivity index (χ4n) is 3.62. The molecular weight excluding hydrogens is 346 g/mol. The predicted octanol–water partition coefficient (Wildman–Crippen LogP) is 2.54. The summed E-state index contributed by atoms with van der Waals surface area (Å²) in [6, 6.07) is 4.30. The largest absolute Gasteiger partial charge is 0.390 e. The zero-order valence-electron chi connectivity index (χ0n) is 15.0. The number of nitrogen functional groups attached to an aromatic ring is 1. The average Bonchev–Trinajstić information content (AvgIpc) is 3.06. The molecular formula is C18H25N7S. The maximum Gasteiger partial charge on any atom is 0.150 e. The van der Waals surface area contributed by atoms with Crippen LogP contribution < -0.4 is 21.7 Å². The molecule has 138 valence electrons. The van der Waals surface area contributed by atoms with Crippen molar-refractivity contribution in [1.82, 2.24) is 14.8 Å². The number of hydrogen-bond donors (Lipinski definition) is 3. The Bertz CT molecular complexity index is 900. The van der Waals surface area contributed by atoms with Crippen molar-refractivity contribution < 1.29 is 0 Å². The van der Waals surface area contributed by atoms with E-state index in [1.165, 1.54) is 0 Å². The Morgan fingerprint density at radius 2 is 2.23 bits per heavy atom. The van der Waals surface area contributed by atoms with Gasteiger partial charge in [0.1, 0.15) is 5.82 Å². The highest BCUT2D eigenvalue weighted by atomic mass is 32.1. The Morgan fingerprint density at radius 1 is 1.35 bits per heavy atom. The van der Waals surface area contributed by atoms with Gasteiger partial charge in [0.2, 0.25) is 0 Å². The van der Waals surface area contributed by atoms with Crippen LogP contribution in [0.15, 0.2) is 24.5 Å². The van der Waals surface area contributed by atoms with Crippen LogP contribution in [0.5, 0.6) is 0 Å². The molecule has 1 atom stereocenters. The van der Waals surface area contributed by atoms with Gasteiger partial charge >= 0.3 is 0 Å². The number of aryl methyl sites for hydroxylation is 1. The molecule has 7 nitrogen and oxygen atoms in total. The van der Waals surface area contributed by atoms with Gasteiger partial charge in [0.25, 0.3) is 0 Å². The lowest BCUT2D eigenvalue weighted by Gasteiger charge is -2.24. The summed E-state index contributed by atoms with van der Waals surface area (Å²) >= 11 is 1.58. The molecule has 0 bridgehead atoms. The van der Waals surface area contributed by atoms with E-state index in [1.807, 2.05) is 30.2 Å².